The summed E-state index contributed by atoms with van der Waals surface area (Å²) in [4.78, 5) is 0.441. The molecule has 0 aliphatic rings. The Hall–Kier alpha value is -0.910. The van der Waals surface area contributed by atoms with Crippen LogP contribution in [-0.4, -0.2) is 32.4 Å². The zero-order valence-electron chi connectivity index (χ0n) is 13.9. The predicted molar refractivity (Wildman–Crippen MR) is 88.0 cm³/mol. The van der Waals surface area contributed by atoms with E-state index in [9.17, 15) is 8.42 Å². The number of nitrogens with zero attached hydrogens (tertiary/aromatic N) is 1. The second-order valence-corrected chi connectivity index (χ2v) is 7.23. The first-order valence-corrected chi connectivity index (χ1v) is 9.13. The summed E-state index contributed by atoms with van der Waals surface area (Å²) in [6.45, 7) is 12.5. The van der Waals surface area contributed by atoms with E-state index in [0.29, 0.717) is 24.5 Å². The normalized spacial score (nSPS) is 12.1. The third kappa shape index (κ3) is 4.28. The fourth-order valence-electron chi connectivity index (χ4n) is 2.44. The molecule has 0 unspecified atom stereocenters. The third-order valence-corrected chi connectivity index (χ3v) is 5.76. The molecule has 5 heteroatoms. The number of hydrogen-bond acceptors (Lipinski definition) is 3. The predicted octanol–water partition coefficient (Wildman–Crippen LogP) is 2.83. The topological polar surface area (TPSA) is 49.4 Å². The van der Waals surface area contributed by atoms with E-state index in [1.165, 1.54) is 0 Å². The molecule has 0 amide bonds. The Morgan fingerprint density at radius 3 is 2.29 bits per heavy atom. The summed E-state index contributed by atoms with van der Waals surface area (Å²) in [7, 11) is -3.40. The van der Waals surface area contributed by atoms with Gasteiger partial charge < -0.3 is 5.32 Å². The van der Waals surface area contributed by atoms with Crippen molar-refractivity contribution in [1.82, 2.24) is 9.62 Å². The highest BCUT2D eigenvalue weighted by atomic mass is 32.2. The minimum Gasteiger partial charge on any atom is -0.313 e. The lowest BCUT2D eigenvalue weighted by Gasteiger charge is -2.22. The van der Waals surface area contributed by atoms with Gasteiger partial charge >= 0.3 is 0 Å². The number of aryl methyl sites for hydroxylation is 2. The first-order chi connectivity index (χ1) is 9.88. The minimum absolute atomic E-state index is 0.441. The quantitative estimate of drug-likeness (QED) is 0.803. The molecule has 0 fully saturated rings. The molecule has 1 aromatic rings. The summed E-state index contributed by atoms with van der Waals surface area (Å²) >= 11 is 0. The maximum Gasteiger partial charge on any atom is 0.243 e. The molecule has 0 aromatic heterocycles. The standard InChI is InChI=1S/C16H28N2O2S/c1-6-9-18(8-3)21(19,20)16-11-15(12-17-7-2)13(4)10-14(16)5/h10-11,17H,6-9,12H2,1-5H3. The highest BCUT2D eigenvalue weighted by molar-refractivity contribution is 7.89. The van der Waals surface area contributed by atoms with Crippen LogP contribution in [0, 0.1) is 13.8 Å². The lowest BCUT2D eigenvalue weighted by atomic mass is 10.1. The maximum atomic E-state index is 12.8. The molecular formula is C16H28N2O2S. The molecule has 0 atom stereocenters. The monoisotopic (exact) mass is 312 g/mol. The van der Waals surface area contributed by atoms with Crippen molar-refractivity contribution < 1.29 is 8.42 Å². The number of hydrogen-bond donors (Lipinski definition) is 1. The Labute approximate surface area is 129 Å². The van der Waals surface area contributed by atoms with Crippen LogP contribution >= 0.6 is 0 Å². The molecule has 1 rings (SSSR count). The van der Waals surface area contributed by atoms with Crippen molar-refractivity contribution in [3.8, 4) is 0 Å². The smallest absolute Gasteiger partial charge is 0.243 e. The maximum absolute atomic E-state index is 12.8. The molecular weight excluding hydrogens is 284 g/mol. The molecule has 1 N–H and O–H groups in total. The Bertz CT molecular complexity index is 568. The lowest BCUT2D eigenvalue weighted by molar-refractivity contribution is 0.426. The third-order valence-electron chi connectivity index (χ3n) is 3.64. The lowest BCUT2D eigenvalue weighted by Crippen LogP contribution is -2.32. The fourth-order valence-corrected chi connectivity index (χ4v) is 4.24. The Morgan fingerprint density at radius 1 is 1.10 bits per heavy atom. The number of rotatable bonds is 8. The molecule has 1 aromatic carbocycles. The largest absolute Gasteiger partial charge is 0.313 e. The Kier molecular flexibility index (Phi) is 6.84. The van der Waals surface area contributed by atoms with E-state index in [1.807, 2.05) is 46.8 Å². The second-order valence-electron chi connectivity index (χ2n) is 5.32. The van der Waals surface area contributed by atoms with Crippen LogP contribution in [0.3, 0.4) is 0 Å². The van der Waals surface area contributed by atoms with Gasteiger partial charge in [-0.2, -0.15) is 4.31 Å². The van der Waals surface area contributed by atoms with Gasteiger partial charge in [0.15, 0.2) is 0 Å². The van der Waals surface area contributed by atoms with Crippen LogP contribution in [0.2, 0.25) is 0 Å². The van der Waals surface area contributed by atoms with Gasteiger partial charge in [-0.25, -0.2) is 8.42 Å². The molecule has 0 aliphatic carbocycles. The van der Waals surface area contributed by atoms with Crippen LogP contribution in [0.4, 0.5) is 0 Å². The van der Waals surface area contributed by atoms with E-state index in [1.54, 1.807) is 4.31 Å². The molecule has 0 radical (unpaired) electrons. The van der Waals surface area contributed by atoms with Gasteiger partial charge in [0.2, 0.25) is 10.0 Å². The van der Waals surface area contributed by atoms with Crippen LogP contribution in [0.15, 0.2) is 17.0 Å². The van der Waals surface area contributed by atoms with Crippen LogP contribution in [0.25, 0.3) is 0 Å². The van der Waals surface area contributed by atoms with Crippen molar-refractivity contribution in [2.45, 2.75) is 52.5 Å². The summed E-state index contributed by atoms with van der Waals surface area (Å²) in [6, 6.07) is 3.81. The van der Waals surface area contributed by atoms with E-state index < -0.39 is 10.0 Å². The van der Waals surface area contributed by atoms with Gasteiger partial charge in [0.05, 0.1) is 4.90 Å². The van der Waals surface area contributed by atoms with Crippen LogP contribution < -0.4 is 5.32 Å². The first kappa shape index (κ1) is 18.1. The minimum atomic E-state index is -3.40. The van der Waals surface area contributed by atoms with Gasteiger partial charge in [-0.1, -0.05) is 26.8 Å². The van der Waals surface area contributed by atoms with Crippen molar-refractivity contribution in [2.24, 2.45) is 0 Å². The van der Waals surface area contributed by atoms with Crippen LogP contribution in [-0.2, 0) is 16.6 Å². The van der Waals surface area contributed by atoms with Crippen LogP contribution in [0.1, 0.15) is 43.9 Å². The molecule has 0 spiro atoms. The first-order valence-electron chi connectivity index (χ1n) is 7.69. The van der Waals surface area contributed by atoms with Crippen molar-refractivity contribution in [3.05, 3.63) is 28.8 Å². The molecule has 21 heavy (non-hydrogen) atoms. The van der Waals surface area contributed by atoms with E-state index >= 15 is 0 Å². The van der Waals surface area contributed by atoms with Gasteiger partial charge in [0.25, 0.3) is 0 Å². The number of nitrogens with one attached hydrogen (secondary N) is 1. The molecule has 0 saturated heterocycles. The summed E-state index contributed by atoms with van der Waals surface area (Å²) in [5.74, 6) is 0. The summed E-state index contributed by atoms with van der Waals surface area (Å²) in [5, 5.41) is 3.26. The van der Waals surface area contributed by atoms with Gasteiger partial charge in [-0.15, -0.1) is 0 Å². The second kappa shape index (κ2) is 7.92. The zero-order valence-corrected chi connectivity index (χ0v) is 14.7. The van der Waals surface area contributed by atoms with Crippen molar-refractivity contribution in [1.29, 1.82) is 0 Å². The average molecular weight is 312 g/mol. The number of sulfonamides is 1. The zero-order chi connectivity index (χ0) is 16.0. The summed E-state index contributed by atoms with van der Waals surface area (Å²) in [6.07, 6.45) is 0.822. The van der Waals surface area contributed by atoms with Crippen molar-refractivity contribution >= 4 is 10.0 Å². The summed E-state index contributed by atoms with van der Waals surface area (Å²) < 4.78 is 27.2. The fraction of sp³-hybridized carbons (Fsp3) is 0.625. The highest BCUT2D eigenvalue weighted by Crippen LogP contribution is 2.24. The number of benzene rings is 1. The van der Waals surface area contributed by atoms with E-state index in [0.717, 1.165) is 29.7 Å². The van der Waals surface area contributed by atoms with Gasteiger partial charge in [-0.05, 0) is 49.6 Å². The van der Waals surface area contributed by atoms with E-state index in [2.05, 4.69) is 5.32 Å². The van der Waals surface area contributed by atoms with Crippen molar-refractivity contribution in [3.63, 3.8) is 0 Å². The van der Waals surface area contributed by atoms with E-state index in [4.69, 9.17) is 0 Å². The summed E-state index contributed by atoms with van der Waals surface area (Å²) in [5.41, 5.74) is 3.00. The molecule has 0 aliphatic heterocycles. The molecule has 0 heterocycles. The highest BCUT2D eigenvalue weighted by Gasteiger charge is 2.24. The average Bonchev–Trinajstić information content (AvgIpc) is 2.43. The van der Waals surface area contributed by atoms with Gasteiger partial charge in [-0.3, -0.25) is 0 Å². The molecule has 120 valence electrons. The SMILES string of the molecule is CCCN(CC)S(=O)(=O)c1cc(CNCC)c(C)cc1C. The molecule has 0 saturated carbocycles. The van der Waals surface area contributed by atoms with Crippen LogP contribution in [0.5, 0.6) is 0 Å². The van der Waals surface area contributed by atoms with Crippen molar-refractivity contribution in [2.75, 3.05) is 19.6 Å². The van der Waals surface area contributed by atoms with Gasteiger partial charge in [0.1, 0.15) is 0 Å². The Balaban J connectivity index is 3.27. The molecule has 0 bridgehead atoms. The van der Waals surface area contributed by atoms with Gasteiger partial charge in [0, 0.05) is 19.6 Å². The Morgan fingerprint density at radius 2 is 1.76 bits per heavy atom. The van der Waals surface area contributed by atoms with E-state index in [-0.39, 0.29) is 0 Å². The molecule has 4 nitrogen and oxygen atoms in total.